The van der Waals surface area contributed by atoms with Crippen molar-refractivity contribution < 1.29 is 14.6 Å². The Balaban J connectivity index is 1.40. The van der Waals surface area contributed by atoms with Gasteiger partial charge in [-0.25, -0.2) is 0 Å². The number of piperidine rings is 1. The molecule has 2 aromatic rings. The van der Waals surface area contributed by atoms with Crippen LogP contribution in [-0.4, -0.2) is 30.6 Å². The summed E-state index contributed by atoms with van der Waals surface area (Å²) in [5.41, 5.74) is 4.93. The van der Waals surface area contributed by atoms with Crippen LogP contribution >= 0.6 is 0 Å². The molecule has 2 aromatic carbocycles. The summed E-state index contributed by atoms with van der Waals surface area (Å²) in [4.78, 5) is 13.4. The molecule has 0 amide bonds. The number of carbonyl (C=O) groups excluding carboxylic acids is 1. The molecule has 2 fully saturated rings. The first-order chi connectivity index (χ1) is 15.2. The van der Waals surface area contributed by atoms with Crippen molar-refractivity contribution in [1.29, 1.82) is 0 Å². The molecule has 164 valence electrons. The lowest BCUT2D eigenvalue weighted by Crippen LogP contribution is -2.34. The fourth-order valence-corrected chi connectivity index (χ4v) is 5.87. The third-order valence-corrected chi connectivity index (χ3v) is 7.68. The zero-order valence-electron chi connectivity index (χ0n) is 18.2. The number of nitrogens with zero attached hydrogens (tertiary/aromatic N) is 1. The third-order valence-electron chi connectivity index (χ3n) is 7.68. The van der Waals surface area contributed by atoms with Gasteiger partial charge in [0.2, 0.25) is 0 Å². The number of ether oxygens (including phenoxy) is 1. The molecule has 1 N–H and O–H groups in total. The average molecular weight is 420 g/mol. The van der Waals surface area contributed by atoms with E-state index in [0.717, 1.165) is 50.1 Å². The van der Waals surface area contributed by atoms with Crippen LogP contribution in [0.5, 0.6) is 5.75 Å². The van der Waals surface area contributed by atoms with Crippen molar-refractivity contribution in [3.63, 3.8) is 0 Å². The van der Waals surface area contributed by atoms with E-state index in [1.54, 1.807) is 0 Å². The lowest BCUT2D eigenvalue weighted by Gasteiger charge is -2.36. The first-order valence-electron chi connectivity index (χ1n) is 11.9. The molecular weight excluding hydrogens is 386 g/mol. The number of hydrogen-bond donors (Lipinski definition) is 1. The number of fused-ring (bicyclic) bond motifs is 1. The van der Waals surface area contributed by atoms with Crippen molar-refractivity contribution in [1.82, 2.24) is 0 Å². The van der Waals surface area contributed by atoms with E-state index in [1.807, 2.05) is 12.1 Å². The number of rotatable bonds is 5. The fraction of sp³-hybridized carbons (Fsp3) is 0.519. The first-order valence-corrected chi connectivity index (χ1v) is 11.9. The smallest absolute Gasteiger partial charge is 0.123 e. The Morgan fingerprint density at radius 3 is 2.45 bits per heavy atom. The van der Waals surface area contributed by atoms with Gasteiger partial charge < -0.3 is 19.5 Å². The van der Waals surface area contributed by atoms with Crippen molar-refractivity contribution >= 4 is 12.0 Å². The number of aromatic hydroxyl groups is 1. The Kier molecular flexibility index (Phi) is 5.99. The summed E-state index contributed by atoms with van der Waals surface area (Å²) in [6.45, 7) is 2.48. The summed E-state index contributed by atoms with van der Waals surface area (Å²) in [7, 11) is 0. The zero-order valence-corrected chi connectivity index (χ0v) is 18.2. The van der Waals surface area contributed by atoms with Crippen LogP contribution in [-0.2, 0) is 16.1 Å². The molecule has 4 heteroatoms. The molecule has 0 aromatic heterocycles. The number of phenolic OH excluding ortho intramolecular Hbond substituents is 1. The Bertz CT molecular complexity index is 895. The van der Waals surface area contributed by atoms with Crippen molar-refractivity contribution in [2.24, 2.45) is 11.8 Å². The molecule has 0 unspecified atom stereocenters. The number of anilines is 1. The van der Waals surface area contributed by atoms with Gasteiger partial charge >= 0.3 is 0 Å². The highest BCUT2D eigenvalue weighted by molar-refractivity contribution is 5.56. The molecule has 31 heavy (non-hydrogen) atoms. The Hall–Kier alpha value is -2.33. The van der Waals surface area contributed by atoms with Crippen molar-refractivity contribution in [3.05, 3.63) is 59.2 Å². The summed E-state index contributed by atoms with van der Waals surface area (Å²) in [5.74, 6) is 1.51. The molecule has 2 heterocycles. The SMILES string of the molecule is O=CC1CCN(c2ccc([C@@H]3c4ccc(O)cc4CO[C@@H]3CC3CCCC3)cc2)CC1. The van der Waals surface area contributed by atoms with Gasteiger partial charge in [0.25, 0.3) is 0 Å². The second kappa shape index (κ2) is 9.04. The molecule has 1 aliphatic carbocycles. The highest BCUT2D eigenvalue weighted by Gasteiger charge is 2.34. The molecule has 0 bridgehead atoms. The van der Waals surface area contributed by atoms with E-state index in [4.69, 9.17) is 4.74 Å². The fourth-order valence-electron chi connectivity index (χ4n) is 5.87. The third kappa shape index (κ3) is 4.36. The van der Waals surface area contributed by atoms with Crippen molar-refractivity contribution in [2.45, 2.75) is 63.6 Å². The molecule has 1 saturated heterocycles. The van der Waals surface area contributed by atoms with Crippen LogP contribution in [0.4, 0.5) is 5.69 Å². The maximum atomic E-state index is 11.1. The van der Waals surface area contributed by atoms with E-state index < -0.39 is 0 Å². The number of hydrogen-bond acceptors (Lipinski definition) is 4. The number of aldehydes is 1. The van der Waals surface area contributed by atoms with Crippen molar-refractivity contribution in [2.75, 3.05) is 18.0 Å². The predicted molar refractivity (Wildman–Crippen MR) is 123 cm³/mol. The van der Waals surface area contributed by atoms with Gasteiger partial charge in [-0.1, -0.05) is 43.9 Å². The van der Waals surface area contributed by atoms with Gasteiger partial charge in [0.05, 0.1) is 12.7 Å². The largest absolute Gasteiger partial charge is 0.508 e. The normalized spacial score (nSPS) is 24.8. The molecule has 2 atom stereocenters. The first kappa shape index (κ1) is 20.6. The zero-order chi connectivity index (χ0) is 21.2. The maximum Gasteiger partial charge on any atom is 0.123 e. The minimum absolute atomic E-state index is 0.189. The molecule has 4 nitrogen and oxygen atoms in total. The topological polar surface area (TPSA) is 49.8 Å². The second-order valence-corrected chi connectivity index (χ2v) is 9.65. The quantitative estimate of drug-likeness (QED) is 0.658. The summed E-state index contributed by atoms with van der Waals surface area (Å²) in [6, 6.07) is 14.8. The number of carbonyl (C=O) groups is 1. The predicted octanol–water partition coefficient (Wildman–Crippen LogP) is 5.42. The standard InChI is InChI=1S/C27H33NO3/c29-17-20-11-13-28(14-12-20)23-7-5-21(6-8-23)27-25-10-9-24(30)16-22(25)18-31-26(27)15-19-3-1-2-4-19/h5-10,16-17,19-20,26-27,30H,1-4,11-15,18H2/t26-,27-/m1/s1. The van der Waals surface area contributed by atoms with Gasteiger partial charge in [0.15, 0.2) is 0 Å². The van der Waals surface area contributed by atoms with E-state index in [9.17, 15) is 9.90 Å². The van der Waals surface area contributed by atoms with Crippen LogP contribution in [0, 0.1) is 11.8 Å². The van der Waals surface area contributed by atoms with Gasteiger partial charge in [-0.2, -0.15) is 0 Å². The van der Waals surface area contributed by atoms with Crippen LogP contribution in [0.25, 0.3) is 0 Å². The molecular formula is C27H33NO3. The lowest BCUT2D eigenvalue weighted by molar-refractivity contribution is -0.111. The summed E-state index contributed by atoms with van der Waals surface area (Å²) in [5, 5.41) is 9.98. The minimum Gasteiger partial charge on any atom is -0.508 e. The highest BCUT2D eigenvalue weighted by atomic mass is 16.5. The van der Waals surface area contributed by atoms with Gasteiger partial charge in [0, 0.05) is 30.6 Å². The Morgan fingerprint density at radius 2 is 1.74 bits per heavy atom. The van der Waals surface area contributed by atoms with Crippen LogP contribution in [0.1, 0.15) is 67.6 Å². The summed E-state index contributed by atoms with van der Waals surface area (Å²) in [6.07, 6.45) is 9.66. The van der Waals surface area contributed by atoms with E-state index in [1.165, 1.54) is 42.5 Å². The summed E-state index contributed by atoms with van der Waals surface area (Å²) < 4.78 is 6.40. The second-order valence-electron chi connectivity index (χ2n) is 9.65. The van der Waals surface area contributed by atoms with Gasteiger partial charge in [-0.15, -0.1) is 0 Å². The molecule has 3 aliphatic rings. The Labute approximate surface area is 185 Å². The molecule has 2 aliphatic heterocycles. The summed E-state index contributed by atoms with van der Waals surface area (Å²) >= 11 is 0. The monoisotopic (exact) mass is 419 g/mol. The van der Waals surface area contributed by atoms with Gasteiger partial charge in [0.1, 0.15) is 12.0 Å². The average Bonchev–Trinajstić information content (AvgIpc) is 3.32. The molecule has 5 rings (SSSR count). The van der Waals surface area contributed by atoms with Crippen LogP contribution in [0.2, 0.25) is 0 Å². The van der Waals surface area contributed by atoms with E-state index >= 15 is 0 Å². The van der Waals surface area contributed by atoms with Gasteiger partial charge in [-0.3, -0.25) is 0 Å². The van der Waals surface area contributed by atoms with Gasteiger partial charge in [-0.05, 0) is 66.1 Å². The van der Waals surface area contributed by atoms with E-state index in [2.05, 4.69) is 35.2 Å². The molecule has 1 saturated carbocycles. The molecule has 0 radical (unpaired) electrons. The molecule has 0 spiro atoms. The van der Waals surface area contributed by atoms with Crippen LogP contribution in [0.15, 0.2) is 42.5 Å². The van der Waals surface area contributed by atoms with E-state index in [-0.39, 0.29) is 17.9 Å². The Morgan fingerprint density at radius 1 is 1.00 bits per heavy atom. The van der Waals surface area contributed by atoms with E-state index in [0.29, 0.717) is 12.4 Å². The lowest BCUT2D eigenvalue weighted by atomic mass is 9.79. The van der Waals surface area contributed by atoms with Crippen LogP contribution in [0.3, 0.4) is 0 Å². The van der Waals surface area contributed by atoms with Crippen LogP contribution < -0.4 is 4.90 Å². The van der Waals surface area contributed by atoms with Crippen molar-refractivity contribution in [3.8, 4) is 5.75 Å². The maximum absolute atomic E-state index is 11.1. The minimum atomic E-state index is 0.189. The number of benzene rings is 2. The number of phenols is 1. The highest BCUT2D eigenvalue weighted by Crippen LogP contribution is 2.42.